The third-order valence-electron chi connectivity index (χ3n) is 4.88. The number of carbonyl (C=O) groups excluding carboxylic acids is 2. The van der Waals surface area contributed by atoms with Crippen LogP contribution in [-0.2, 0) is 16.1 Å². The Morgan fingerprint density at radius 2 is 1.81 bits per heavy atom. The van der Waals surface area contributed by atoms with Crippen molar-refractivity contribution in [2.24, 2.45) is 0 Å². The fourth-order valence-electron chi connectivity index (χ4n) is 3.30. The van der Waals surface area contributed by atoms with Crippen LogP contribution in [0.1, 0.15) is 23.1 Å². The van der Waals surface area contributed by atoms with E-state index in [1.807, 2.05) is 36.4 Å². The molecule has 0 aliphatic heterocycles. The van der Waals surface area contributed by atoms with Gasteiger partial charge in [-0.05, 0) is 49.7 Å². The van der Waals surface area contributed by atoms with Gasteiger partial charge in [0.05, 0.1) is 17.6 Å². The maximum Gasteiger partial charge on any atom is 0.338 e. The number of carbonyl (C=O) groups is 2. The number of anilines is 1. The second-order valence-electron chi connectivity index (χ2n) is 7.09. The molecule has 8 heteroatoms. The van der Waals surface area contributed by atoms with Gasteiger partial charge >= 0.3 is 5.97 Å². The molecule has 0 aliphatic carbocycles. The topological polar surface area (TPSA) is 90.3 Å². The monoisotopic (exact) mass is 447 g/mol. The predicted molar refractivity (Wildman–Crippen MR) is 125 cm³/mol. The number of benzene rings is 2. The minimum absolute atomic E-state index is 0.163. The molecular weight excluding hydrogens is 426 g/mol. The maximum absolute atomic E-state index is 13.1. The molecule has 2 aromatic heterocycles. The van der Waals surface area contributed by atoms with Crippen LogP contribution in [0.15, 0.2) is 65.5 Å². The summed E-state index contributed by atoms with van der Waals surface area (Å²) in [6, 6.07) is 18.0. The van der Waals surface area contributed by atoms with Gasteiger partial charge < -0.3 is 10.1 Å². The summed E-state index contributed by atoms with van der Waals surface area (Å²) in [4.78, 5) is 43.5. The Morgan fingerprint density at radius 3 is 2.50 bits per heavy atom. The average molecular weight is 448 g/mol. The molecule has 1 amide bonds. The highest BCUT2D eigenvalue weighted by molar-refractivity contribution is 7.21. The van der Waals surface area contributed by atoms with Crippen LogP contribution >= 0.6 is 11.3 Å². The first-order valence-corrected chi connectivity index (χ1v) is 10.9. The zero-order valence-electron chi connectivity index (χ0n) is 17.6. The van der Waals surface area contributed by atoms with E-state index in [0.29, 0.717) is 33.9 Å². The molecule has 0 spiro atoms. The molecule has 4 aromatic rings. The van der Waals surface area contributed by atoms with Crippen molar-refractivity contribution in [2.45, 2.75) is 20.4 Å². The van der Waals surface area contributed by atoms with Crippen LogP contribution in [0, 0.1) is 6.92 Å². The Hall–Kier alpha value is -3.78. The van der Waals surface area contributed by atoms with E-state index in [1.54, 1.807) is 38.1 Å². The molecule has 0 radical (unpaired) electrons. The summed E-state index contributed by atoms with van der Waals surface area (Å²) in [6.07, 6.45) is 0. The first-order chi connectivity index (χ1) is 15.5. The molecule has 2 heterocycles. The van der Waals surface area contributed by atoms with E-state index in [0.717, 1.165) is 10.4 Å². The molecule has 0 atom stereocenters. The van der Waals surface area contributed by atoms with Crippen molar-refractivity contribution in [1.29, 1.82) is 0 Å². The molecular formula is C24H21N3O4S. The van der Waals surface area contributed by atoms with Gasteiger partial charge in [-0.25, -0.2) is 9.78 Å². The first-order valence-electron chi connectivity index (χ1n) is 10.1. The molecule has 32 heavy (non-hydrogen) atoms. The van der Waals surface area contributed by atoms with Gasteiger partial charge in [0.2, 0.25) is 5.91 Å². The van der Waals surface area contributed by atoms with E-state index < -0.39 is 5.97 Å². The highest BCUT2D eigenvalue weighted by Gasteiger charge is 2.15. The Kier molecular flexibility index (Phi) is 6.13. The number of aromatic nitrogens is 2. The van der Waals surface area contributed by atoms with Gasteiger partial charge in [-0.2, -0.15) is 0 Å². The van der Waals surface area contributed by atoms with Crippen molar-refractivity contribution in [2.75, 3.05) is 11.9 Å². The predicted octanol–water partition coefficient (Wildman–Crippen LogP) is 4.25. The Morgan fingerprint density at radius 1 is 1.09 bits per heavy atom. The van der Waals surface area contributed by atoms with Gasteiger partial charge in [-0.15, -0.1) is 11.3 Å². The van der Waals surface area contributed by atoms with Gasteiger partial charge in [0.25, 0.3) is 5.56 Å². The number of hydrogen-bond acceptors (Lipinski definition) is 6. The lowest BCUT2D eigenvalue weighted by molar-refractivity contribution is -0.116. The number of fused-ring (bicyclic) bond motifs is 1. The summed E-state index contributed by atoms with van der Waals surface area (Å²) in [5.41, 5.74) is 1.68. The first kappa shape index (κ1) is 21.5. The number of aryl methyl sites for hydroxylation is 1. The Bertz CT molecular complexity index is 1340. The van der Waals surface area contributed by atoms with Crippen LogP contribution in [0.2, 0.25) is 0 Å². The minimum Gasteiger partial charge on any atom is -0.462 e. The van der Waals surface area contributed by atoms with Crippen molar-refractivity contribution >= 4 is 39.1 Å². The van der Waals surface area contributed by atoms with Crippen LogP contribution in [0.25, 0.3) is 20.7 Å². The van der Waals surface area contributed by atoms with Crippen molar-refractivity contribution in [3.63, 3.8) is 0 Å². The quantitative estimate of drug-likeness (QED) is 0.446. The molecule has 162 valence electrons. The fraction of sp³-hybridized carbons (Fsp3) is 0.167. The molecule has 0 aliphatic rings. The summed E-state index contributed by atoms with van der Waals surface area (Å²) in [7, 11) is 0. The molecule has 0 bridgehead atoms. The van der Waals surface area contributed by atoms with Gasteiger partial charge in [0.1, 0.15) is 17.2 Å². The molecule has 1 N–H and O–H groups in total. The summed E-state index contributed by atoms with van der Waals surface area (Å²) < 4.78 is 6.32. The third kappa shape index (κ3) is 4.45. The van der Waals surface area contributed by atoms with E-state index in [-0.39, 0.29) is 18.0 Å². The summed E-state index contributed by atoms with van der Waals surface area (Å²) in [5, 5.41) is 3.24. The summed E-state index contributed by atoms with van der Waals surface area (Å²) in [6.45, 7) is 3.58. The summed E-state index contributed by atoms with van der Waals surface area (Å²) >= 11 is 1.45. The van der Waals surface area contributed by atoms with E-state index >= 15 is 0 Å². The molecule has 0 saturated heterocycles. The van der Waals surface area contributed by atoms with Gasteiger partial charge in [-0.3, -0.25) is 14.2 Å². The molecule has 2 aromatic carbocycles. The van der Waals surface area contributed by atoms with Crippen molar-refractivity contribution in [1.82, 2.24) is 9.55 Å². The van der Waals surface area contributed by atoms with Gasteiger partial charge in [0, 0.05) is 10.6 Å². The lowest BCUT2D eigenvalue weighted by atomic mass is 10.2. The molecule has 7 nitrogen and oxygen atoms in total. The number of ether oxygens (including phenoxy) is 1. The molecule has 4 rings (SSSR count). The van der Waals surface area contributed by atoms with Crippen LogP contribution in [-0.4, -0.2) is 28.0 Å². The van der Waals surface area contributed by atoms with E-state index in [2.05, 4.69) is 10.3 Å². The smallest absolute Gasteiger partial charge is 0.338 e. The lowest BCUT2D eigenvalue weighted by Crippen LogP contribution is -2.29. The highest BCUT2D eigenvalue weighted by Crippen LogP contribution is 2.30. The van der Waals surface area contributed by atoms with E-state index in [4.69, 9.17) is 4.74 Å². The largest absolute Gasteiger partial charge is 0.462 e. The second-order valence-corrected chi connectivity index (χ2v) is 8.12. The standard InChI is InChI=1S/C24H21N3O4S/c1-3-31-24(30)17-9-11-18(12-10-17)26-21(28)14-27-15(2)25-22-19(23(27)29)13-20(32-22)16-7-5-4-6-8-16/h4-13H,3,14H2,1-2H3,(H,26,28). The zero-order chi connectivity index (χ0) is 22.7. The van der Waals surface area contributed by atoms with E-state index in [1.165, 1.54) is 15.9 Å². The van der Waals surface area contributed by atoms with Gasteiger partial charge in [-0.1, -0.05) is 30.3 Å². The molecule has 0 unspecified atom stereocenters. The number of nitrogens with zero attached hydrogens (tertiary/aromatic N) is 2. The number of rotatable bonds is 6. The molecule has 0 fully saturated rings. The maximum atomic E-state index is 13.1. The van der Waals surface area contributed by atoms with Crippen LogP contribution in [0.3, 0.4) is 0 Å². The van der Waals surface area contributed by atoms with Crippen LogP contribution in [0.5, 0.6) is 0 Å². The lowest BCUT2D eigenvalue weighted by Gasteiger charge is -2.10. The fourth-order valence-corrected chi connectivity index (χ4v) is 4.37. The SMILES string of the molecule is CCOC(=O)c1ccc(NC(=O)Cn2c(C)nc3sc(-c4ccccc4)cc3c2=O)cc1. The molecule has 0 saturated carbocycles. The number of thiophene rings is 1. The second kappa shape index (κ2) is 9.15. The number of esters is 1. The summed E-state index contributed by atoms with van der Waals surface area (Å²) in [5.74, 6) is -0.312. The number of hydrogen-bond donors (Lipinski definition) is 1. The Balaban J connectivity index is 1.54. The van der Waals surface area contributed by atoms with Crippen molar-refractivity contribution in [3.8, 4) is 10.4 Å². The van der Waals surface area contributed by atoms with Crippen LogP contribution in [0.4, 0.5) is 5.69 Å². The van der Waals surface area contributed by atoms with Crippen molar-refractivity contribution in [3.05, 3.63) is 82.4 Å². The third-order valence-corrected chi connectivity index (χ3v) is 5.96. The zero-order valence-corrected chi connectivity index (χ0v) is 18.4. The Labute approximate surface area is 188 Å². The number of nitrogens with one attached hydrogen (secondary N) is 1. The van der Waals surface area contributed by atoms with Crippen LogP contribution < -0.4 is 10.9 Å². The minimum atomic E-state index is -0.419. The van der Waals surface area contributed by atoms with Crippen molar-refractivity contribution < 1.29 is 14.3 Å². The average Bonchev–Trinajstić information content (AvgIpc) is 3.22. The van der Waals surface area contributed by atoms with Gasteiger partial charge in [0.15, 0.2) is 0 Å². The number of amides is 1. The highest BCUT2D eigenvalue weighted by atomic mass is 32.1. The van der Waals surface area contributed by atoms with E-state index in [9.17, 15) is 14.4 Å². The normalized spacial score (nSPS) is 10.8.